The number of ether oxygens (including phenoxy) is 1. The molecule has 1 N–H and O–H groups in total. The number of benzene rings is 2. The molecular formula is C19H22N2O2. The van der Waals surface area contributed by atoms with Crippen LogP contribution < -0.4 is 10.1 Å². The third-order valence-electron chi connectivity index (χ3n) is 4.46. The standard InChI is InChI=1S/C19H22N2O2/c1-4-13(2)21-18(14-9-11-15(23-3)12-10-14)20-17-8-6-5-7-16(17)19(21)22/h5-13,18,20H,4H2,1-3H3. The Kier molecular flexibility index (Phi) is 4.24. The molecule has 0 aromatic heterocycles. The normalized spacial score (nSPS) is 18.1. The van der Waals surface area contributed by atoms with Crippen LogP contribution >= 0.6 is 0 Å². The Morgan fingerprint density at radius 2 is 1.87 bits per heavy atom. The molecule has 0 aliphatic carbocycles. The van der Waals surface area contributed by atoms with Gasteiger partial charge in [-0.15, -0.1) is 0 Å². The van der Waals surface area contributed by atoms with Crippen LogP contribution in [-0.2, 0) is 0 Å². The summed E-state index contributed by atoms with van der Waals surface area (Å²) in [4.78, 5) is 14.9. The molecule has 0 bridgehead atoms. The quantitative estimate of drug-likeness (QED) is 0.926. The number of fused-ring (bicyclic) bond motifs is 1. The number of rotatable bonds is 4. The van der Waals surface area contributed by atoms with E-state index in [9.17, 15) is 4.79 Å². The fraction of sp³-hybridized carbons (Fsp3) is 0.316. The number of methoxy groups -OCH3 is 1. The van der Waals surface area contributed by atoms with Gasteiger partial charge in [-0.25, -0.2) is 0 Å². The van der Waals surface area contributed by atoms with E-state index in [1.807, 2.05) is 53.4 Å². The van der Waals surface area contributed by atoms with Crippen molar-refractivity contribution in [2.45, 2.75) is 32.5 Å². The molecule has 23 heavy (non-hydrogen) atoms. The van der Waals surface area contributed by atoms with E-state index in [0.29, 0.717) is 0 Å². The van der Waals surface area contributed by atoms with Gasteiger partial charge in [-0.05, 0) is 43.2 Å². The van der Waals surface area contributed by atoms with Gasteiger partial charge in [0.05, 0.1) is 12.7 Å². The molecule has 2 aromatic carbocycles. The lowest BCUT2D eigenvalue weighted by molar-refractivity contribution is 0.0593. The summed E-state index contributed by atoms with van der Waals surface area (Å²) in [6.45, 7) is 4.19. The van der Waals surface area contributed by atoms with Crippen molar-refractivity contribution in [2.24, 2.45) is 0 Å². The molecule has 4 heteroatoms. The summed E-state index contributed by atoms with van der Waals surface area (Å²) in [5, 5.41) is 3.51. The number of carbonyl (C=O) groups excluding carboxylic acids is 1. The summed E-state index contributed by atoms with van der Waals surface area (Å²) in [7, 11) is 1.65. The monoisotopic (exact) mass is 310 g/mol. The van der Waals surface area contributed by atoms with Crippen LogP contribution in [0.2, 0.25) is 0 Å². The molecule has 3 rings (SSSR count). The molecule has 2 atom stereocenters. The lowest BCUT2D eigenvalue weighted by Gasteiger charge is -2.41. The summed E-state index contributed by atoms with van der Waals surface area (Å²) >= 11 is 0. The molecule has 1 aliphatic heterocycles. The van der Waals surface area contributed by atoms with Crippen LogP contribution in [0.5, 0.6) is 5.75 Å². The average Bonchev–Trinajstić information content (AvgIpc) is 2.61. The highest BCUT2D eigenvalue weighted by molar-refractivity contribution is 6.01. The zero-order valence-electron chi connectivity index (χ0n) is 13.7. The smallest absolute Gasteiger partial charge is 0.258 e. The number of anilines is 1. The van der Waals surface area contributed by atoms with Crippen LogP contribution in [0.3, 0.4) is 0 Å². The fourth-order valence-corrected chi connectivity index (χ4v) is 2.95. The first-order chi connectivity index (χ1) is 11.2. The highest BCUT2D eigenvalue weighted by Gasteiger charge is 2.35. The molecule has 0 spiro atoms. The number of hydrogen-bond donors (Lipinski definition) is 1. The minimum atomic E-state index is -0.168. The largest absolute Gasteiger partial charge is 0.497 e. The summed E-state index contributed by atoms with van der Waals surface area (Å²) in [6.07, 6.45) is 0.737. The number of nitrogens with one attached hydrogen (secondary N) is 1. The summed E-state index contributed by atoms with van der Waals surface area (Å²) < 4.78 is 5.23. The van der Waals surface area contributed by atoms with Crippen molar-refractivity contribution >= 4 is 11.6 Å². The number of hydrogen-bond acceptors (Lipinski definition) is 3. The van der Waals surface area contributed by atoms with Crippen LogP contribution in [-0.4, -0.2) is 24.0 Å². The van der Waals surface area contributed by atoms with Crippen molar-refractivity contribution < 1.29 is 9.53 Å². The van der Waals surface area contributed by atoms with E-state index < -0.39 is 0 Å². The van der Waals surface area contributed by atoms with Gasteiger partial charge in [0.1, 0.15) is 11.9 Å². The molecule has 2 unspecified atom stereocenters. The van der Waals surface area contributed by atoms with Gasteiger partial charge >= 0.3 is 0 Å². The second kappa shape index (κ2) is 6.32. The van der Waals surface area contributed by atoms with Crippen molar-refractivity contribution in [1.82, 2.24) is 4.90 Å². The highest BCUT2D eigenvalue weighted by atomic mass is 16.5. The van der Waals surface area contributed by atoms with Crippen molar-refractivity contribution in [1.29, 1.82) is 0 Å². The molecule has 1 aliphatic rings. The first-order valence-electron chi connectivity index (χ1n) is 7.98. The highest BCUT2D eigenvalue weighted by Crippen LogP contribution is 2.35. The van der Waals surface area contributed by atoms with Crippen molar-refractivity contribution in [3.63, 3.8) is 0 Å². The Balaban J connectivity index is 2.03. The second-order valence-electron chi connectivity index (χ2n) is 5.84. The Morgan fingerprint density at radius 1 is 1.17 bits per heavy atom. The number of para-hydroxylation sites is 1. The van der Waals surface area contributed by atoms with Gasteiger partial charge in [0.25, 0.3) is 5.91 Å². The summed E-state index contributed by atoms with van der Waals surface area (Å²) in [5.41, 5.74) is 2.67. The van der Waals surface area contributed by atoms with E-state index in [0.717, 1.165) is 29.0 Å². The van der Waals surface area contributed by atoms with Crippen LogP contribution in [0.25, 0.3) is 0 Å². The topological polar surface area (TPSA) is 41.6 Å². The Bertz CT molecular complexity index is 697. The van der Waals surface area contributed by atoms with Gasteiger partial charge in [-0.2, -0.15) is 0 Å². The second-order valence-corrected chi connectivity index (χ2v) is 5.84. The lowest BCUT2D eigenvalue weighted by atomic mass is 10.0. The van der Waals surface area contributed by atoms with E-state index in [1.165, 1.54) is 0 Å². The number of carbonyl (C=O) groups is 1. The van der Waals surface area contributed by atoms with E-state index in [1.54, 1.807) is 7.11 Å². The van der Waals surface area contributed by atoms with Crippen molar-refractivity contribution in [3.05, 3.63) is 59.7 Å². The molecule has 1 heterocycles. The molecule has 0 fully saturated rings. The predicted molar refractivity (Wildman–Crippen MR) is 91.7 cm³/mol. The molecule has 0 saturated carbocycles. The minimum absolute atomic E-state index is 0.0783. The van der Waals surface area contributed by atoms with Gasteiger partial charge < -0.3 is 15.0 Å². The van der Waals surface area contributed by atoms with Crippen LogP contribution in [0.4, 0.5) is 5.69 Å². The summed E-state index contributed by atoms with van der Waals surface area (Å²) in [6, 6.07) is 15.7. The fourth-order valence-electron chi connectivity index (χ4n) is 2.95. The number of nitrogens with zero attached hydrogens (tertiary/aromatic N) is 1. The number of amides is 1. The maximum Gasteiger partial charge on any atom is 0.258 e. The van der Waals surface area contributed by atoms with Crippen LogP contribution in [0.15, 0.2) is 48.5 Å². The van der Waals surface area contributed by atoms with Gasteiger partial charge in [-0.1, -0.05) is 31.2 Å². The van der Waals surface area contributed by atoms with Gasteiger partial charge in [0.15, 0.2) is 0 Å². The zero-order chi connectivity index (χ0) is 16.4. The third-order valence-corrected chi connectivity index (χ3v) is 4.46. The molecule has 2 aromatic rings. The maximum absolute atomic E-state index is 13.0. The van der Waals surface area contributed by atoms with E-state index >= 15 is 0 Å². The van der Waals surface area contributed by atoms with E-state index in [2.05, 4.69) is 19.2 Å². The van der Waals surface area contributed by atoms with Crippen LogP contribution in [0.1, 0.15) is 42.4 Å². The summed E-state index contributed by atoms with van der Waals surface area (Å²) in [5.74, 6) is 0.890. The predicted octanol–water partition coefficient (Wildman–Crippen LogP) is 4.06. The molecule has 1 amide bonds. The molecule has 0 radical (unpaired) electrons. The molecule has 0 saturated heterocycles. The lowest BCUT2D eigenvalue weighted by Crippen LogP contribution is -2.47. The Hall–Kier alpha value is -2.49. The molecule has 120 valence electrons. The Morgan fingerprint density at radius 3 is 2.52 bits per heavy atom. The van der Waals surface area contributed by atoms with E-state index in [-0.39, 0.29) is 18.1 Å². The van der Waals surface area contributed by atoms with Gasteiger partial charge in [0, 0.05) is 11.7 Å². The van der Waals surface area contributed by atoms with Crippen LogP contribution in [0, 0.1) is 0 Å². The maximum atomic E-state index is 13.0. The molecule has 4 nitrogen and oxygen atoms in total. The zero-order valence-corrected chi connectivity index (χ0v) is 13.7. The van der Waals surface area contributed by atoms with Crippen molar-refractivity contribution in [2.75, 3.05) is 12.4 Å². The van der Waals surface area contributed by atoms with Gasteiger partial charge in [-0.3, -0.25) is 4.79 Å². The van der Waals surface area contributed by atoms with Crippen molar-refractivity contribution in [3.8, 4) is 5.75 Å². The first kappa shape index (κ1) is 15.4. The van der Waals surface area contributed by atoms with Gasteiger partial charge in [0.2, 0.25) is 0 Å². The van der Waals surface area contributed by atoms with E-state index in [4.69, 9.17) is 4.74 Å². The third kappa shape index (κ3) is 2.77. The Labute approximate surface area is 137 Å². The minimum Gasteiger partial charge on any atom is -0.497 e. The first-order valence-corrected chi connectivity index (χ1v) is 7.98. The average molecular weight is 310 g/mol. The molecular weight excluding hydrogens is 288 g/mol. The SMILES string of the molecule is CCC(C)N1C(=O)c2ccccc2NC1c1ccc(OC)cc1.